The zero-order valence-electron chi connectivity index (χ0n) is 10.9. The van der Waals surface area contributed by atoms with E-state index in [1.54, 1.807) is 32.2 Å². The van der Waals surface area contributed by atoms with E-state index < -0.39 is 0 Å². The van der Waals surface area contributed by atoms with Crippen molar-refractivity contribution in [3.63, 3.8) is 0 Å². The summed E-state index contributed by atoms with van der Waals surface area (Å²) in [4.78, 5) is 12.0. The first-order valence-electron chi connectivity index (χ1n) is 5.60. The molecule has 0 aliphatic carbocycles. The lowest BCUT2D eigenvalue weighted by molar-refractivity contribution is 0.0986. The first-order chi connectivity index (χ1) is 9.15. The summed E-state index contributed by atoms with van der Waals surface area (Å²) in [6.45, 7) is 1.74. The van der Waals surface area contributed by atoms with E-state index in [9.17, 15) is 4.79 Å². The van der Waals surface area contributed by atoms with Crippen LogP contribution in [0.15, 0.2) is 28.9 Å². The van der Waals surface area contributed by atoms with Crippen molar-refractivity contribution >= 4 is 11.6 Å². The lowest BCUT2D eigenvalue weighted by Crippen LogP contribution is -2.13. The van der Waals surface area contributed by atoms with Crippen molar-refractivity contribution in [1.29, 1.82) is 0 Å². The van der Waals surface area contributed by atoms with Crippen molar-refractivity contribution in [1.82, 2.24) is 5.16 Å². The number of carbonyl (C=O) groups excluding carboxylic acids is 1. The van der Waals surface area contributed by atoms with E-state index in [1.165, 1.54) is 13.3 Å². The molecule has 0 atom stereocenters. The Balaban J connectivity index is 2.27. The van der Waals surface area contributed by atoms with Gasteiger partial charge < -0.3 is 19.3 Å². The summed E-state index contributed by atoms with van der Waals surface area (Å²) < 4.78 is 15.2. The van der Waals surface area contributed by atoms with Gasteiger partial charge in [-0.2, -0.15) is 0 Å². The summed E-state index contributed by atoms with van der Waals surface area (Å²) in [6, 6.07) is 5.12. The Kier molecular flexibility index (Phi) is 3.70. The van der Waals surface area contributed by atoms with Crippen LogP contribution in [0.4, 0.5) is 5.69 Å². The molecule has 6 nitrogen and oxygen atoms in total. The summed E-state index contributed by atoms with van der Waals surface area (Å²) in [5.74, 6) is 0.933. The summed E-state index contributed by atoms with van der Waals surface area (Å²) in [5, 5.41) is 6.27. The molecule has 1 aromatic heterocycles. The molecule has 2 rings (SSSR count). The van der Waals surface area contributed by atoms with Gasteiger partial charge in [0.25, 0.3) is 5.91 Å². The molecule has 0 saturated heterocycles. The molecule has 0 aliphatic rings. The second-order valence-corrected chi connectivity index (χ2v) is 3.86. The summed E-state index contributed by atoms with van der Waals surface area (Å²) >= 11 is 0. The minimum absolute atomic E-state index is 0.171. The van der Waals surface area contributed by atoms with Crippen LogP contribution in [0, 0.1) is 6.92 Å². The molecule has 0 bridgehead atoms. The maximum absolute atomic E-state index is 12.0. The predicted molar refractivity (Wildman–Crippen MR) is 68.7 cm³/mol. The van der Waals surface area contributed by atoms with Crippen molar-refractivity contribution in [3.8, 4) is 11.5 Å². The molecule has 0 aliphatic heterocycles. The molecule has 0 saturated carbocycles. The highest BCUT2D eigenvalue weighted by atomic mass is 16.5. The summed E-state index contributed by atoms with van der Waals surface area (Å²) in [5.41, 5.74) is 1.17. The van der Waals surface area contributed by atoms with Crippen LogP contribution in [0.5, 0.6) is 11.5 Å². The van der Waals surface area contributed by atoms with Crippen molar-refractivity contribution in [2.45, 2.75) is 6.92 Å². The summed E-state index contributed by atoms with van der Waals surface area (Å²) in [7, 11) is 3.07. The molecule has 1 N–H and O–H groups in total. The fourth-order valence-electron chi connectivity index (χ4n) is 1.60. The number of nitrogens with zero attached hydrogens (tertiary/aromatic N) is 1. The molecule has 1 amide bonds. The number of anilines is 1. The third kappa shape index (κ3) is 2.67. The van der Waals surface area contributed by atoms with Crippen LogP contribution in [0.3, 0.4) is 0 Å². The zero-order chi connectivity index (χ0) is 13.8. The molecule has 0 fully saturated rings. The Morgan fingerprint density at radius 3 is 2.68 bits per heavy atom. The number of amides is 1. The number of aromatic nitrogens is 1. The highest BCUT2D eigenvalue weighted by molar-refractivity contribution is 6.04. The van der Waals surface area contributed by atoms with E-state index in [-0.39, 0.29) is 11.7 Å². The Hall–Kier alpha value is -2.50. The highest BCUT2D eigenvalue weighted by Crippen LogP contribution is 2.29. The van der Waals surface area contributed by atoms with E-state index in [0.717, 1.165) is 0 Å². The van der Waals surface area contributed by atoms with E-state index >= 15 is 0 Å². The molecular weight excluding hydrogens is 248 g/mol. The fraction of sp³-hybridized carbons (Fsp3) is 0.231. The average Bonchev–Trinajstić information content (AvgIpc) is 2.85. The molecule has 2 aromatic rings. The minimum atomic E-state index is -0.387. The highest BCUT2D eigenvalue weighted by Gasteiger charge is 2.16. The second kappa shape index (κ2) is 5.43. The van der Waals surface area contributed by atoms with E-state index in [4.69, 9.17) is 14.0 Å². The van der Waals surface area contributed by atoms with E-state index in [0.29, 0.717) is 22.7 Å². The number of carbonyl (C=O) groups is 1. The number of hydrogen-bond acceptors (Lipinski definition) is 5. The zero-order valence-corrected chi connectivity index (χ0v) is 10.9. The fourth-order valence-corrected chi connectivity index (χ4v) is 1.60. The summed E-state index contributed by atoms with van der Waals surface area (Å²) in [6.07, 6.45) is 1.48. The van der Waals surface area contributed by atoms with Gasteiger partial charge in [-0.05, 0) is 19.1 Å². The lowest BCUT2D eigenvalue weighted by atomic mass is 10.2. The van der Waals surface area contributed by atoms with Gasteiger partial charge in [0.1, 0.15) is 11.5 Å². The number of ether oxygens (including phenoxy) is 2. The number of rotatable bonds is 4. The standard InChI is InChI=1S/C13H14N2O4/c1-8-7-14-19-12(8)13(16)15-10-6-9(17-2)4-5-11(10)18-3/h4-7H,1-3H3,(H,15,16). The first kappa shape index (κ1) is 12.9. The van der Waals surface area contributed by atoms with Crippen LogP contribution in [0.2, 0.25) is 0 Å². The van der Waals surface area contributed by atoms with Crippen LogP contribution in [-0.2, 0) is 0 Å². The van der Waals surface area contributed by atoms with Gasteiger partial charge in [0.05, 0.1) is 26.1 Å². The van der Waals surface area contributed by atoms with Crippen molar-refractivity contribution in [2.75, 3.05) is 19.5 Å². The van der Waals surface area contributed by atoms with E-state index in [2.05, 4.69) is 10.5 Å². The molecule has 19 heavy (non-hydrogen) atoms. The molecule has 0 radical (unpaired) electrons. The average molecular weight is 262 g/mol. The smallest absolute Gasteiger partial charge is 0.294 e. The minimum Gasteiger partial charge on any atom is -0.497 e. The first-order valence-corrected chi connectivity index (χ1v) is 5.60. The molecule has 1 aromatic carbocycles. The van der Waals surface area contributed by atoms with Crippen LogP contribution in [0.1, 0.15) is 16.1 Å². The Bertz CT molecular complexity index is 592. The number of nitrogens with one attached hydrogen (secondary N) is 1. The Morgan fingerprint density at radius 2 is 2.11 bits per heavy atom. The number of aryl methyl sites for hydroxylation is 1. The Morgan fingerprint density at radius 1 is 1.32 bits per heavy atom. The van der Waals surface area contributed by atoms with Gasteiger partial charge in [-0.3, -0.25) is 4.79 Å². The van der Waals surface area contributed by atoms with Gasteiger partial charge in [0, 0.05) is 11.6 Å². The van der Waals surface area contributed by atoms with Crippen molar-refractivity contribution in [3.05, 3.63) is 35.7 Å². The van der Waals surface area contributed by atoms with Gasteiger partial charge >= 0.3 is 0 Å². The molecule has 0 unspecified atom stereocenters. The monoisotopic (exact) mass is 262 g/mol. The SMILES string of the molecule is COc1ccc(OC)c(NC(=O)c2oncc2C)c1. The third-order valence-corrected chi connectivity index (χ3v) is 2.61. The maximum Gasteiger partial charge on any atom is 0.294 e. The van der Waals surface area contributed by atoms with E-state index in [1.807, 2.05) is 0 Å². The molecule has 1 heterocycles. The number of hydrogen-bond donors (Lipinski definition) is 1. The normalized spacial score (nSPS) is 10.1. The topological polar surface area (TPSA) is 73.6 Å². The van der Waals surface area contributed by atoms with Gasteiger partial charge in [-0.25, -0.2) is 0 Å². The molecule has 100 valence electrons. The molecular formula is C13H14N2O4. The molecule has 0 spiro atoms. The quantitative estimate of drug-likeness (QED) is 0.914. The number of benzene rings is 1. The van der Waals surface area contributed by atoms with Crippen molar-refractivity contribution < 1.29 is 18.8 Å². The van der Waals surface area contributed by atoms with Gasteiger partial charge in [0.15, 0.2) is 0 Å². The maximum atomic E-state index is 12.0. The van der Waals surface area contributed by atoms with Gasteiger partial charge in [0.2, 0.25) is 5.76 Å². The third-order valence-electron chi connectivity index (χ3n) is 2.61. The Labute approximate surface area is 110 Å². The van der Waals surface area contributed by atoms with Crippen molar-refractivity contribution in [2.24, 2.45) is 0 Å². The van der Waals surface area contributed by atoms with Gasteiger partial charge in [-0.15, -0.1) is 0 Å². The number of methoxy groups -OCH3 is 2. The van der Waals surface area contributed by atoms with Crippen LogP contribution >= 0.6 is 0 Å². The van der Waals surface area contributed by atoms with Crippen LogP contribution in [-0.4, -0.2) is 25.3 Å². The lowest BCUT2D eigenvalue weighted by Gasteiger charge is -2.10. The van der Waals surface area contributed by atoms with Crippen LogP contribution in [0.25, 0.3) is 0 Å². The second-order valence-electron chi connectivity index (χ2n) is 3.86. The molecule has 6 heteroatoms. The predicted octanol–water partition coefficient (Wildman–Crippen LogP) is 2.25. The van der Waals surface area contributed by atoms with Gasteiger partial charge in [-0.1, -0.05) is 5.16 Å². The van der Waals surface area contributed by atoms with Crippen LogP contribution < -0.4 is 14.8 Å². The largest absolute Gasteiger partial charge is 0.497 e.